The Labute approximate surface area is 279 Å². The number of ether oxygens (including phenoxy) is 6. The standard InChI is InChI=1S/C36H42N2O10/c1-7-45-29(39)25-19-37-31-35(33(41)47-9-3,27(25)21-11-15-23(43-5)16-12-21)32-36(31,34(42)48-10-4)28(22-13-17-24(44-6)18-14-22)26(20-38-32)30(40)46-8-2/h11-20,27-28,31-32,37-38H,7-10H2,1-6H3. The van der Waals surface area contributed by atoms with Gasteiger partial charge in [0, 0.05) is 24.2 Å². The normalized spacial score (nSPS) is 26.7. The minimum Gasteiger partial charge on any atom is -0.497 e. The van der Waals surface area contributed by atoms with Crippen molar-refractivity contribution >= 4 is 23.9 Å². The van der Waals surface area contributed by atoms with Crippen molar-refractivity contribution in [1.29, 1.82) is 0 Å². The first-order valence-corrected chi connectivity index (χ1v) is 16.1. The topological polar surface area (TPSA) is 148 Å². The van der Waals surface area contributed by atoms with Crippen molar-refractivity contribution in [1.82, 2.24) is 10.6 Å². The maximum Gasteiger partial charge on any atom is 0.336 e. The summed E-state index contributed by atoms with van der Waals surface area (Å²) < 4.78 is 33.4. The van der Waals surface area contributed by atoms with Gasteiger partial charge in [-0.15, -0.1) is 0 Å². The lowest BCUT2D eigenvalue weighted by Gasteiger charge is -2.71. The van der Waals surface area contributed by atoms with Crippen molar-refractivity contribution in [2.75, 3.05) is 40.6 Å². The van der Waals surface area contributed by atoms with E-state index >= 15 is 0 Å². The second-order valence-electron chi connectivity index (χ2n) is 11.6. The highest BCUT2D eigenvalue weighted by Gasteiger charge is 2.85. The zero-order chi connectivity index (χ0) is 34.6. The number of rotatable bonds is 12. The van der Waals surface area contributed by atoms with Gasteiger partial charge in [-0.05, 0) is 63.1 Å². The summed E-state index contributed by atoms with van der Waals surface area (Å²) in [6.45, 7) is 7.03. The Morgan fingerprint density at radius 2 is 0.896 bits per heavy atom. The van der Waals surface area contributed by atoms with Gasteiger partial charge in [0.25, 0.3) is 0 Å². The van der Waals surface area contributed by atoms with E-state index in [4.69, 9.17) is 28.4 Å². The summed E-state index contributed by atoms with van der Waals surface area (Å²) >= 11 is 0. The Balaban J connectivity index is 1.84. The summed E-state index contributed by atoms with van der Waals surface area (Å²) in [7, 11) is 3.08. The number of methoxy groups -OCH3 is 2. The molecule has 0 atom stereocenters. The average molecular weight is 663 g/mol. The summed E-state index contributed by atoms with van der Waals surface area (Å²) in [4.78, 5) is 56.6. The predicted octanol–water partition coefficient (Wildman–Crippen LogP) is 3.52. The largest absolute Gasteiger partial charge is 0.497 e. The fourth-order valence-electron chi connectivity index (χ4n) is 7.78. The highest BCUT2D eigenvalue weighted by Crippen LogP contribution is 2.71. The second kappa shape index (κ2) is 14.0. The van der Waals surface area contributed by atoms with Gasteiger partial charge in [0.05, 0.1) is 63.9 Å². The summed E-state index contributed by atoms with van der Waals surface area (Å²) in [5, 5.41) is 6.54. The molecule has 3 aliphatic rings. The van der Waals surface area contributed by atoms with Crippen LogP contribution in [0.5, 0.6) is 11.5 Å². The summed E-state index contributed by atoms with van der Waals surface area (Å²) in [5.74, 6) is -3.32. The van der Waals surface area contributed by atoms with E-state index < -0.39 is 58.6 Å². The van der Waals surface area contributed by atoms with E-state index in [0.29, 0.717) is 22.6 Å². The number of carbonyl (C=O) groups is 4. The van der Waals surface area contributed by atoms with E-state index in [1.54, 1.807) is 76.2 Å². The summed E-state index contributed by atoms with van der Waals surface area (Å²) in [6, 6.07) is 11.9. The number of fused-ring (bicyclic) bond motifs is 4. The van der Waals surface area contributed by atoms with Gasteiger partial charge >= 0.3 is 23.9 Å². The lowest BCUT2D eigenvalue weighted by molar-refractivity contribution is -0.214. The molecule has 256 valence electrons. The molecular weight excluding hydrogens is 620 g/mol. The fraction of sp³-hybridized carbons (Fsp3) is 0.444. The van der Waals surface area contributed by atoms with Crippen LogP contribution in [0.15, 0.2) is 72.1 Å². The van der Waals surface area contributed by atoms with Gasteiger partial charge in [0.1, 0.15) is 22.3 Å². The molecule has 48 heavy (non-hydrogen) atoms. The Morgan fingerprint density at radius 3 is 1.19 bits per heavy atom. The fourth-order valence-corrected chi connectivity index (χ4v) is 7.78. The third-order valence-electron chi connectivity index (χ3n) is 9.48. The van der Waals surface area contributed by atoms with Crippen LogP contribution in [0.4, 0.5) is 0 Å². The van der Waals surface area contributed by atoms with Gasteiger partial charge in [-0.2, -0.15) is 0 Å². The van der Waals surface area contributed by atoms with Gasteiger partial charge < -0.3 is 39.1 Å². The first-order chi connectivity index (χ1) is 23.2. The first-order valence-electron chi connectivity index (χ1n) is 16.1. The van der Waals surface area contributed by atoms with E-state index in [-0.39, 0.29) is 37.6 Å². The van der Waals surface area contributed by atoms with Crippen LogP contribution in [0.1, 0.15) is 50.7 Å². The van der Waals surface area contributed by atoms with E-state index in [2.05, 4.69) is 10.6 Å². The molecule has 0 amide bonds. The van der Waals surface area contributed by atoms with Crippen LogP contribution in [-0.2, 0) is 38.1 Å². The second-order valence-corrected chi connectivity index (χ2v) is 11.6. The molecule has 2 aliphatic heterocycles. The van der Waals surface area contributed by atoms with Crippen molar-refractivity contribution in [3.8, 4) is 11.5 Å². The van der Waals surface area contributed by atoms with Crippen LogP contribution in [0.25, 0.3) is 0 Å². The summed E-state index contributed by atoms with van der Waals surface area (Å²) in [6.07, 6.45) is 3.00. The number of esters is 4. The van der Waals surface area contributed by atoms with Gasteiger partial charge in [-0.1, -0.05) is 24.3 Å². The molecule has 2 aromatic rings. The lowest BCUT2D eigenvalue weighted by Crippen LogP contribution is -2.88. The van der Waals surface area contributed by atoms with Crippen molar-refractivity contribution < 1.29 is 47.6 Å². The number of carbonyl (C=O) groups excluding carboxylic acids is 4. The molecule has 0 unspecified atom stereocenters. The van der Waals surface area contributed by atoms with Crippen molar-refractivity contribution in [2.45, 2.75) is 51.6 Å². The molecule has 0 radical (unpaired) electrons. The molecule has 2 heterocycles. The van der Waals surface area contributed by atoms with Crippen LogP contribution in [-0.4, -0.2) is 76.6 Å². The number of hydrogen-bond donors (Lipinski definition) is 2. The molecule has 1 aliphatic carbocycles. The first kappa shape index (κ1) is 34.3. The third-order valence-corrected chi connectivity index (χ3v) is 9.48. The number of nitrogens with one attached hydrogen (secondary N) is 2. The van der Waals surface area contributed by atoms with Gasteiger partial charge in [0.2, 0.25) is 0 Å². The van der Waals surface area contributed by atoms with Crippen molar-refractivity contribution in [2.24, 2.45) is 10.8 Å². The molecule has 12 heteroatoms. The van der Waals surface area contributed by atoms with E-state index in [0.717, 1.165) is 0 Å². The van der Waals surface area contributed by atoms with Crippen LogP contribution < -0.4 is 20.1 Å². The van der Waals surface area contributed by atoms with E-state index in [1.165, 1.54) is 26.6 Å². The highest BCUT2D eigenvalue weighted by molar-refractivity contribution is 6.01. The zero-order valence-electron chi connectivity index (χ0n) is 28.0. The molecule has 12 nitrogen and oxygen atoms in total. The predicted molar refractivity (Wildman–Crippen MR) is 173 cm³/mol. The molecule has 0 saturated heterocycles. The summed E-state index contributed by atoms with van der Waals surface area (Å²) in [5.41, 5.74) is -1.70. The molecule has 2 N–H and O–H groups in total. The SMILES string of the molecule is CCOC(=O)C1=CNC2C(C(=O)OCC)(C1c1ccc(OC)cc1)C1NC=C(C(=O)OCC)C(c3ccc(OC)cc3)C21C(=O)OCC. The molecule has 5 rings (SSSR count). The van der Waals surface area contributed by atoms with Gasteiger partial charge in [0.15, 0.2) is 0 Å². The van der Waals surface area contributed by atoms with Crippen LogP contribution >= 0.6 is 0 Å². The Morgan fingerprint density at radius 1 is 0.562 bits per heavy atom. The minimum absolute atomic E-state index is 0.0338. The molecule has 1 saturated carbocycles. The van der Waals surface area contributed by atoms with Crippen molar-refractivity contribution in [3.63, 3.8) is 0 Å². The third kappa shape index (κ3) is 5.14. The molecule has 1 fully saturated rings. The molecule has 2 aromatic carbocycles. The molecular formula is C36H42N2O10. The monoisotopic (exact) mass is 662 g/mol. The smallest absolute Gasteiger partial charge is 0.336 e. The Kier molecular flexibility index (Phi) is 10.0. The maximum atomic E-state index is 14.6. The number of hydrogen-bond acceptors (Lipinski definition) is 12. The minimum atomic E-state index is -1.62. The van der Waals surface area contributed by atoms with Crippen LogP contribution in [0, 0.1) is 10.8 Å². The van der Waals surface area contributed by atoms with Crippen LogP contribution in [0.2, 0.25) is 0 Å². The quantitative estimate of drug-likeness (QED) is 0.253. The average Bonchev–Trinajstić information content (AvgIpc) is 3.09. The van der Waals surface area contributed by atoms with Gasteiger partial charge in [-0.3, -0.25) is 9.59 Å². The highest BCUT2D eigenvalue weighted by atomic mass is 16.5. The maximum absolute atomic E-state index is 14.6. The zero-order valence-corrected chi connectivity index (χ0v) is 28.0. The van der Waals surface area contributed by atoms with Crippen LogP contribution in [0.3, 0.4) is 0 Å². The molecule has 0 bridgehead atoms. The Bertz CT molecular complexity index is 1470. The lowest BCUT2D eigenvalue weighted by atomic mass is 9.34. The van der Waals surface area contributed by atoms with Crippen molar-refractivity contribution in [3.05, 3.63) is 83.2 Å². The van der Waals surface area contributed by atoms with E-state index in [1.807, 2.05) is 0 Å². The number of benzene rings is 2. The van der Waals surface area contributed by atoms with E-state index in [9.17, 15) is 19.2 Å². The Hall–Kier alpha value is -5.00. The van der Waals surface area contributed by atoms with Gasteiger partial charge in [-0.25, -0.2) is 9.59 Å². The molecule has 0 aromatic heterocycles. The molecule has 0 spiro atoms.